The first-order chi connectivity index (χ1) is 8.43. The fourth-order valence-corrected chi connectivity index (χ4v) is 3.12. The quantitative estimate of drug-likeness (QED) is 0.895. The summed E-state index contributed by atoms with van der Waals surface area (Å²) in [5.74, 6) is -0.954. The molecule has 98 valence electrons. The van der Waals surface area contributed by atoms with E-state index in [1.54, 1.807) is 18.4 Å². The topological polar surface area (TPSA) is 59.3 Å². The third kappa shape index (κ3) is 1.67. The Morgan fingerprint density at radius 3 is 2.44 bits per heavy atom. The molecule has 1 N–H and O–H groups in total. The van der Waals surface area contributed by atoms with Gasteiger partial charge in [-0.05, 0) is 45.1 Å². The summed E-state index contributed by atoms with van der Waals surface area (Å²) < 4.78 is 1.72. The number of rotatable bonds is 3. The third-order valence-corrected chi connectivity index (χ3v) is 4.28. The van der Waals surface area contributed by atoms with Crippen LogP contribution in [0.5, 0.6) is 0 Å². The van der Waals surface area contributed by atoms with Gasteiger partial charge in [-0.2, -0.15) is 0 Å². The standard InChI is InChI=1S/C14H19NO3/c1-4-14(6-5-7-14)15-10(3)12(13(17)18)9(2)8-11(15)16/h8H,4-7H2,1-3H3,(H,17,18). The number of carboxylic acid groups (broad SMARTS) is 1. The second kappa shape index (κ2) is 4.26. The Balaban J connectivity index is 2.72. The molecule has 0 atom stereocenters. The lowest BCUT2D eigenvalue weighted by molar-refractivity contribution is 0.0689. The lowest BCUT2D eigenvalue weighted by Crippen LogP contribution is -2.47. The molecular weight excluding hydrogens is 230 g/mol. The van der Waals surface area contributed by atoms with Crippen molar-refractivity contribution in [3.8, 4) is 0 Å². The van der Waals surface area contributed by atoms with Crippen LogP contribution in [0.2, 0.25) is 0 Å². The molecule has 1 aromatic rings. The molecule has 0 saturated heterocycles. The highest BCUT2D eigenvalue weighted by Gasteiger charge is 2.39. The maximum atomic E-state index is 12.2. The molecule has 0 bridgehead atoms. The molecule has 4 heteroatoms. The van der Waals surface area contributed by atoms with Crippen LogP contribution in [0, 0.1) is 13.8 Å². The zero-order valence-corrected chi connectivity index (χ0v) is 11.1. The van der Waals surface area contributed by atoms with Gasteiger partial charge in [0.15, 0.2) is 0 Å². The second-order valence-corrected chi connectivity index (χ2v) is 5.20. The maximum Gasteiger partial charge on any atom is 0.337 e. The van der Waals surface area contributed by atoms with Crippen LogP contribution in [-0.4, -0.2) is 15.6 Å². The normalized spacial score (nSPS) is 17.3. The second-order valence-electron chi connectivity index (χ2n) is 5.20. The molecule has 1 fully saturated rings. The molecule has 0 aromatic carbocycles. The SMILES string of the molecule is CCC1(n2c(C)c(C(=O)O)c(C)cc2=O)CCC1. The zero-order chi connectivity index (χ0) is 13.5. The summed E-state index contributed by atoms with van der Waals surface area (Å²) in [6.45, 7) is 5.49. The molecule has 0 aliphatic heterocycles. The molecule has 0 unspecified atom stereocenters. The molecule has 1 aliphatic rings. The van der Waals surface area contributed by atoms with Gasteiger partial charge >= 0.3 is 5.97 Å². The van der Waals surface area contributed by atoms with E-state index in [4.69, 9.17) is 0 Å². The van der Waals surface area contributed by atoms with Gasteiger partial charge in [-0.25, -0.2) is 4.79 Å². The molecule has 1 aliphatic carbocycles. The van der Waals surface area contributed by atoms with Crippen LogP contribution in [0.25, 0.3) is 0 Å². The summed E-state index contributed by atoms with van der Waals surface area (Å²) in [5.41, 5.74) is 1.19. The van der Waals surface area contributed by atoms with E-state index in [0.717, 1.165) is 25.7 Å². The van der Waals surface area contributed by atoms with E-state index in [1.165, 1.54) is 6.07 Å². The van der Waals surface area contributed by atoms with Crippen molar-refractivity contribution < 1.29 is 9.90 Å². The number of aryl methyl sites for hydroxylation is 1. The van der Waals surface area contributed by atoms with Crippen molar-refractivity contribution in [1.29, 1.82) is 0 Å². The van der Waals surface area contributed by atoms with Crippen molar-refractivity contribution in [2.45, 2.75) is 52.0 Å². The minimum absolute atomic E-state index is 0.0726. The predicted molar refractivity (Wildman–Crippen MR) is 69.3 cm³/mol. The summed E-state index contributed by atoms with van der Waals surface area (Å²) in [7, 11) is 0. The molecule has 1 aromatic heterocycles. The van der Waals surface area contributed by atoms with E-state index in [0.29, 0.717) is 11.3 Å². The molecule has 1 heterocycles. The minimum Gasteiger partial charge on any atom is -0.478 e. The Kier molecular flexibility index (Phi) is 3.05. The number of pyridine rings is 1. The van der Waals surface area contributed by atoms with Gasteiger partial charge in [-0.1, -0.05) is 6.92 Å². The van der Waals surface area contributed by atoms with Crippen molar-refractivity contribution in [3.63, 3.8) is 0 Å². The highest BCUT2D eigenvalue weighted by atomic mass is 16.4. The summed E-state index contributed by atoms with van der Waals surface area (Å²) >= 11 is 0. The molecule has 1 saturated carbocycles. The van der Waals surface area contributed by atoms with Gasteiger partial charge in [0.1, 0.15) is 0 Å². The highest BCUT2D eigenvalue weighted by Crippen LogP contribution is 2.42. The van der Waals surface area contributed by atoms with Gasteiger partial charge in [0.2, 0.25) is 0 Å². The van der Waals surface area contributed by atoms with Gasteiger partial charge in [0.25, 0.3) is 5.56 Å². The molecular formula is C14H19NO3. The van der Waals surface area contributed by atoms with Crippen molar-refractivity contribution in [3.05, 3.63) is 33.2 Å². The fraction of sp³-hybridized carbons (Fsp3) is 0.571. The predicted octanol–water partition coefficient (Wildman–Crippen LogP) is 2.45. The average molecular weight is 249 g/mol. The van der Waals surface area contributed by atoms with E-state index < -0.39 is 5.97 Å². The van der Waals surface area contributed by atoms with Crippen LogP contribution < -0.4 is 5.56 Å². The van der Waals surface area contributed by atoms with Crippen LogP contribution in [0.15, 0.2) is 10.9 Å². The number of aromatic nitrogens is 1. The van der Waals surface area contributed by atoms with Gasteiger partial charge in [-0.15, -0.1) is 0 Å². The first kappa shape index (κ1) is 12.9. The van der Waals surface area contributed by atoms with E-state index in [-0.39, 0.29) is 16.7 Å². The summed E-state index contributed by atoms with van der Waals surface area (Å²) in [6, 6.07) is 1.45. The summed E-state index contributed by atoms with van der Waals surface area (Å²) in [4.78, 5) is 23.5. The Labute approximate surface area is 106 Å². The van der Waals surface area contributed by atoms with E-state index in [1.807, 2.05) is 0 Å². The molecule has 0 spiro atoms. The van der Waals surface area contributed by atoms with Gasteiger partial charge in [0.05, 0.1) is 5.56 Å². The number of carbonyl (C=O) groups is 1. The number of carboxylic acids is 1. The largest absolute Gasteiger partial charge is 0.478 e. The van der Waals surface area contributed by atoms with Crippen LogP contribution in [0.4, 0.5) is 0 Å². The monoisotopic (exact) mass is 249 g/mol. The Bertz CT molecular complexity index is 547. The Morgan fingerprint density at radius 2 is 2.06 bits per heavy atom. The highest BCUT2D eigenvalue weighted by molar-refractivity contribution is 5.90. The van der Waals surface area contributed by atoms with E-state index >= 15 is 0 Å². The lowest BCUT2D eigenvalue weighted by atomic mass is 9.74. The third-order valence-electron chi connectivity index (χ3n) is 4.28. The summed E-state index contributed by atoms with van der Waals surface area (Å²) in [5, 5.41) is 9.28. The van der Waals surface area contributed by atoms with Crippen LogP contribution in [0.3, 0.4) is 0 Å². The smallest absolute Gasteiger partial charge is 0.337 e. The van der Waals surface area contributed by atoms with E-state index in [9.17, 15) is 14.7 Å². The number of hydrogen-bond donors (Lipinski definition) is 1. The Hall–Kier alpha value is -1.58. The van der Waals surface area contributed by atoms with Crippen molar-refractivity contribution in [2.75, 3.05) is 0 Å². The first-order valence-corrected chi connectivity index (χ1v) is 6.40. The molecule has 0 radical (unpaired) electrons. The Morgan fingerprint density at radius 1 is 1.44 bits per heavy atom. The molecule has 4 nitrogen and oxygen atoms in total. The van der Waals surface area contributed by atoms with Gasteiger partial charge in [-0.3, -0.25) is 4.79 Å². The number of hydrogen-bond acceptors (Lipinski definition) is 2. The van der Waals surface area contributed by atoms with E-state index in [2.05, 4.69) is 6.92 Å². The molecule has 0 amide bonds. The maximum absolute atomic E-state index is 12.2. The van der Waals surface area contributed by atoms with Crippen molar-refractivity contribution in [1.82, 2.24) is 4.57 Å². The number of nitrogens with zero attached hydrogens (tertiary/aromatic N) is 1. The fourth-order valence-electron chi connectivity index (χ4n) is 3.12. The van der Waals surface area contributed by atoms with Crippen LogP contribution in [0.1, 0.15) is 54.2 Å². The number of aromatic carboxylic acids is 1. The van der Waals surface area contributed by atoms with Gasteiger partial charge < -0.3 is 9.67 Å². The average Bonchev–Trinajstić information content (AvgIpc) is 2.20. The van der Waals surface area contributed by atoms with Gasteiger partial charge in [0, 0.05) is 17.3 Å². The molecule has 2 rings (SSSR count). The molecule has 18 heavy (non-hydrogen) atoms. The first-order valence-electron chi connectivity index (χ1n) is 6.40. The minimum atomic E-state index is -0.954. The van der Waals surface area contributed by atoms with Crippen molar-refractivity contribution >= 4 is 5.97 Å². The van der Waals surface area contributed by atoms with Crippen LogP contribution >= 0.6 is 0 Å². The van der Waals surface area contributed by atoms with Crippen molar-refractivity contribution in [2.24, 2.45) is 0 Å². The lowest BCUT2D eigenvalue weighted by Gasteiger charge is -2.44. The zero-order valence-electron chi connectivity index (χ0n) is 11.1. The summed E-state index contributed by atoms with van der Waals surface area (Å²) in [6.07, 6.45) is 3.91. The van der Waals surface area contributed by atoms with Crippen LogP contribution in [-0.2, 0) is 5.54 Å².